The number of carbonyl (C=O) groups is 3. The van der Waals surface area contributed by atoms with Gasteiger partial charge in [0.1, 0.15) is 11.5 Å². The van der Waals surface area contributed by atoms with Gasteiger partial charge in [-0.25, -0.2) is 4.79 Å². The lowest BCUT2D eigenvalue weighted by molar-refractivity contribution is -0.152. The summed E-state index contributed by atoms with van der Waals surface area (Å²) in [6.07, 6.45) is 2.23. The van der Waals surface area contributed by atoms with Crippen LogP contribution in [0.25, 0.3) is 0 Å². The molecule has 1 fully saturated rings. The summed E-state index contributed by atoms with van der Waals surface area (Å²) in [4.78, 5) is 41.3. The zero-order valence-electron chi connectivity index (χ0n) is 21.9. The normalized spacial score (nSPS) is 13.6. The van der Waals surface area contributed by atoms with Gasteiger partial charge in [-0.2, -0.15) is 0 Å². The average Bonchev–Trinajstić information content (AvgIpc) is 2.94. The highest BCUT2D eigenvalue weighted by atomic mass is 79.9. The number of hydrogen-bond donors (Lipinski definition) is 0. The molecule has 0 atom stereocenters. The van der Waals surface area contributed by atoms with Crippen molar-refractivity contribution < 1.29 is 23.9 Å². The molecule has 2 amide bonds. The Labute approximate surface area is 241 Å². The van der Waals surface area contributed by atoms with Crippen molar-refractivity contribution in [2.45, 2.75) is 25.8 Å². The van der Waals surface area contributed by atoms with Crippen LogP contribution in [0.4, 0.5) is 0 Å². The Balaban J connectivity index is 1.35. The van der Waals surface area contributed by atoms with E-state index in [0.717, 1.165) is 34.9 Å². The van der Waals surface area contributed by atoms with Gasteiger partial charge < -0.3 is 19.3 Å². The Morgan fingerprint density at radius 2 is 1.74 bits per heavy atom. The molecule has 0 radical (unpaired) electrons. The zero-order valence-corrected chi connectivity index (χ0v) is 24.2. The van der Waals surface area contributed by atoms with E-state index in [1.54, 1.807) is 42.3 Å². The van der Waals surface area contributed by atoms with E-state index in [1.807, 2.05) is 36.4 Å². The Kier molecular flexibility index (Phi) is 9.64. The smallest absolute Gasteiger partial charge is 0.338 e. The minimum Gasteiger partial charge on any atom is -0.465 e. The van der Waals surface area contributed by atoms with Crippen molar-refractivity contribution in [3.63, 3.8) is 0 Å². The Morgan fingerprint density at radius 1 is 1.00 bits per heavy atom. The minimum atomic E-state index is -0.568. The van der Waals surface area contributed by atoms with Gasteiger partial charge in [-0.15, -0.1) is 0 Å². The highest BCUT2D eigenvalue weighted by Crippen LogP contribution is 2.31. The molecule has 3 aromatic carbocycles. The SMILES string of the molecule is COC(=O)c1ccccc1CC1CCN(C(=O)C(=O)N(C)Cc2ccc(Br)cc2Oc2cccc(Cl)c2)CC1. The first-order valence-electron chi connectivity index (χ1n) is 12.7. The number of carbonyl (C=O) groups excluding carboxylic acids is 3. The van der Waals surface area contributed by atoms with Crippen LogP contribution in [0, 0.1) is 5.92 Å². The van der Waals surface area contributed by atoms with E-state index in [1.165, 1.54) is 12.0 Å². The molecule has 1 aliphatic rings. The molecule has 1 aliphatic heterocycles. The summed E-state index contributed by atoms with van der Waals surface area (Å²) in [5, 5.41) is 0.554. The van der Waals surface area contributed by atoms with E-state index in [0.29, 0.717) is 41.1 Å². The van der Waals surface area contributed by atoms with E-state index in [2.05, 4.69) is 15.9 Å². The topological polar surface area (TPSA) is 76.2 Å². The molecule has 4 rings (SSSR count). The summed E-state index contributed by atoms with van der Waals surface area (Å²) in [5.74, 6) is 0.0117. The van der Waals surface area contributed by atoms with Crippen molar-refractivity contribution in [2.24, 2.45) is 5.92 Å². The average molecular weight is 614 g/mol. The lowest BCUT2D eigenvalue weighted by Crippen LogP contribution is -2.47. The fourth-order valence-corrected chi connectivity index (χ4v) is 5.22. The molecular weight excluding hydrogens is 584 g/mol. The van der Waals surface area contributed by atoms with Gasteiger partial charge in [0, 0.05) is 41.7 Å². The third-order valence-corrected chi connectivity index (χ3v) is 7.55. The summed E-state index contributed by atoms with van der Waals surface area (Å²) in [6, 6.07) is 20.0. The highest BCUT2D eigenvalue weighted by Gasteiger charge is 2.30. The third-order valence-electron chi connectivity index (χ3n) is 6.82. The van der Waals surface area contributed by atoms with Crippen LogP contribution in [-0.2, 0) is 27.3 Å². The van der Waals surface area contributed by atoms with Gasteiger partial charge in [-0.05, 0) is 67.1 Å². The maximum atomic E-state index is 13.1. The van der Waals surface area contributed by atoms with Crippen molar-refractivity contribution in [1.82, 2.24) is 9.80 Å². The second kappa shape index (κ2) is 13.1. The van der Waals surface area contributed by atoms with E-state index < -0.39 is 11.8 Å². The Morgan fingerprint density at radius 3 is 2.46 bits per heavy atom. The molecule has 0 spiro atoms. The van der Waals surface area contributed by atoms with Gasteiger partial charge >= 0.3 is 17.8 Å². The molecule has 1 heterocycles. The number of amides is 2. The van der Waals surface area contributed by atoms with Gasteiger partial charge in [-0.1, -0.05) is 57.9 Å². The van der Waals surface area contributed by atoms with Crippen molar-refractivity contribution in [3.05, 3.63) is 92.9 Å². The van der Waals surface area contributed by atoms with Crippen LogP contribution >= 0.6 is 27.5 Å². The standard InChI is InChI=1S/C30H30BrClN2O5/c1-33(19-22-10-11-23(31)17-27(22)39-25-8-5-7-24(32)18-25)28(35)29(36)34-14-12-20(13-15-34)16-21-6-3-4-9-26(21)30(37)38-2/h3-11,17-18,20H,12-16,19H2,1-2H3. The van der Waals surface area contributed by atoms with Crippen molar-refractivity contribution in [2.75, 3.05) is 27.2 Å². The first kappa shape index (κ1) is 28.6. The predicted molar refractivity (Wildman–Crippen MR) is 153 cm³/mol. The quantitative estimate of drug-likeness (QED) is 0.237. The lowest BCUT2D eigenvalue weighted by atomic mass is 9.88. The Hall–Kier alpha value is -3.36. The number of piperidine rings is 1. The molecule has 3 aromatic rings. The number of methoxy groups -OCH3 is 1. The second-order valence-corrected chi connectivity index (χ2v) is 10.9. The van der Waals surface area contributed by atoms with Crippen LogP contribution < -0.4 is 4.74 Å². The van der Waals surface area contributed by atoms with Gasteiger partial charge in [-0.3, -0.25) is 9.59 Å². The number of ether oxygens (including phenoxy) is 2. The van der Waals surface area contributed by atoms with Crippen LogP contribution in [-0.4, -0.2) is 54.8 Å². The van der Waals surface area contributed by atoms with Crippen LogP contribution in [0.15, 0.2) is 71.2 Å². The van der Waals surface area contributed by atoms with Crippen molar-refractivity contribution in [3.8, 4) is 11.5 Å². The van der Waals surface area contributed by atoms with Crippen molar-refractivity contribution in [1.29, 1.82) is 0 Å². The molecule has 39 heavy (non-hydrogen) atoms. The number of halogens is 2. The first-order chi connectivity index (χ1) is 18.7. The van der Waals surface area contributed by atoms with Gasteiger partial charge in [0.05, 0.1) is 12.7 Å². The van der Waals surface area contributed by atoms with Crippen LogP contribution in [0.1, 0.15) is 34.3 Å². The molecule has 7 nitrogen and oxygen atoms in total. The molecule has 0 unspecified atom stereocenters. The first-order valence-corrected chi connectivity index (χ1v) is 13.8. The second-order valence-electron chi connectivity index (χ2n) is 9.56. The lowest BCUT2D eigenvalue weighted by Gasteiger charge is -2.32. The van der Waals surface area contributed by atoms with Crippen LogP contribution in [0.5, 0.6) is 11.5 Å². The maximum Gasteiger partial charge on any atom is 0.338 e. The van der Waals surface area contributed by atoms with E-state index in [9.17, 15) is 14.4 Å². The molecule has 0 aromatic heterocycles. The van der Waals surface area contributed by atoms with E-state index in [-0.39, 0.29) is 12.5 Å². The fraction of sp³-hybridized carbons (Fsp3) is 0.300. The maximum absolute atomic E-state index is 13.1. The number of rotatable bonds is 7. The minimum absolute atomic E-state index is 0.203. The van der Waals surface area contributed by atoms with Gasteiger partial charge in [0.15, 0.2) is 0 Å². The molecule has 1 saturated heterocycles. The fourth-order valence-electron chi connectivity index (χ4n) is 4.70. The summed E-state index contributed by atoms with van der Waals surface area (Å²) in [7, 11) is 2.99. The van der Waals surface area contributed by atoms with Crippen LogP contribution in [0.2, 0.25) is 5.02 Å². The monoisotopic (exact) mass is 612 g/mol. The predicted octanol–water partition coefficient (Wildman–Crippen LogP) is 6.12. The highest BCUT2D eigenvalue weighted by molar-refractivity contribution is 9.10. The third kappa shape index (κ3) is 7.40. The summed E-state index contributed by atoms with van der Waals surface area (Å²) in [5.41, 5.74) is 2.27. The number of benzene rings is 3. The number of esters is 1. The zero-order chi connectivity index (χ0) is 27.9. The molecule has 9 heteroatoms. The van der Waals surface area contributed by atoms with Crippen LogP contribution in [0.3, 0.4) is 0 Å². The molecule has 0 bridgehead atoms. The van der Waals surface area contributed by atoms with Gasteiger partial charge in [0.25, 0.3) is 0 Å². The summed E-state index contributed by atoms with van der Waals surface area (Å²) < 4.78 is 11.8. The summed E-state index contributed by atoms with van der Waals surface area (Å²) >= 11 is 9.55. The molecule has 204 valence electrons. The number of hydrogen-bond acceptors (Lipinski definition) is 5. The van der Waals surface area contributed by atoms with Gasteiger partial charge in [0.2, 0.25) is 0 Å². The number of likely N-dealkylation sites (N-methyl/N-ethyl adjacent to an activating group) is 1. The number of nitrogens with zero attached hydrogens (tertiary/aromatic N) is 2. The Bertz CT molecular complexity index is 1360. The van der Waals surface area contributed by atoms with Crippen molar-refractivity contribution >= 4 is 45.3 Å². The molecule has 0 N–H and O–H groups in total. The molecule has 0 saturated carbocycles. The van der Waals surface area contributed by atoms with E-state index in [4.69, 9.17) is 21.1 Å². The number of likely N-dealkylation sites (tertiary alicyclic amines) is 1. The van der Waals surface area contributed by atoms with E-state index >= 15 is 0 Å². The largest absolute Gasteiger partial charge is 0.465 e. The molecular formula is C30H30BrClN2O5. The molecule has 0 aliphatic carbocycles. The summed E-state index contributed by atoms with van der Waals surface area (Å²) in [6.45, 7) is 1.18.